The highest BCUT2D eigenvalue weighted by Gasteiger charge is 2.30. The van der Waals surface area contributed by atoms with Gasteiger partial charge in [0, 0.05) is 24.9 Å². The van der Waals surface area contributed by atoms with Crippen molar-refractivity contribution in [2.45, 2.75) is 51.0 Å². The van der Waals surface area contributed by atoms with Crippen LogP contribution in [-0.2, 0) is 18.9 Å². The van der Waals surface area contributed by atoms with Gasteiger partial charge in [0.1, 0.15) is 13.0 Å². The molecule has 3 aromatic heterocycles. The molecule has 192 valence electrons. The molecule has 3 heterocycles. The topological polar surface area (TPSA) is 137 Å². The molecule has 0 unspecified atom stereocenters. The van der Waals surface area contributed by atoms with E-state index in [0.29, 0.717) is 17.6 Å². The summed E-state index contributed by atoms with van der Waals surface area (Å²) in [6, 6.07) is 7.63. The lowest BCUT2D eigenvalue weighted by atomic mass is 9.96. The van der Waals surface area contributed by atoms with E-state index in [1.54, 1.807) is 18.5 Å². The van der Waals surface area contributed by atoms with Crippen molar-refractivity contribution in [2.75, 3.05) is 12.0 Å². The smallest absolute Gasteiger partial charge is 0.293 e. The minimum Gasteiger partial charge on any atom is -0.342 e. The van der Waals surface area contributed by atoms with Crippen LogP contribution in [0.15, 0.2) is 41.3 Å². The van der Waals surface area contributed by atoms with E-state index in [9.17, 15) is 9.18 Å². The summed E-state index contributed by atoms with van der Waals surface area (Å²) in [7, 11) is 1.84. The molecule has 0 fully saturated rings. The molecule has 1 amide bonds. The highest BCUT2D eigenvalue weighted by atomic mass is 19.1. The second-order valence-corrected chi connectivity index (χ2v) is 9.76. The fraction of sp³-hybridized carbons (Fsp3) is 0.400. The number of rotatable bonds is 7. The minimum atomic E-state index is -0.946. The van der Waals surface area contributed by atoms with E-state index < -0.39 is 18.0 Å². The maximum Gasteiger partial charge on any atom is 0.293 e. The van der Waals surface area contributed by atoms with Gasteiger partial charge in [0.2, 0.25) is 11.8 Å². The molecule has 0 bridgehead atoms. The third-order valence-corrected chi connectivity index (χ3v) is 6.34. The van der Waals surface area contributed by atoms with Crippen LogP contribution in [0.4, 0.5) is 16.2 Å². The molecular formula is C25H28FN9O2. The van der Waals surface area contributed by atoms with Crippen LogP contribution in [0.25, 0.3) is 11.4 Å². The lowest BCUT2D eigenvalue weighted by molar-refractivity contribution is 0.0921. The van der Waals surface area contributed by atoms with Gasteiger partial charge in [0.05, 0.1) is 11.5 Å². The first-order valence-corrected chi connectivity index (χ1v) is 12.1. The number of benzene rings is 1. The van der Waals surface area contributed by atoms with Crippen molar-refractivity contribution in [1.82, 2.24) is 40.2 Å². The van der Waals surface area contributed by atoms with Crippen LogP contribution in [0.1, 0.15) is 66.8 Å². The number of nitrogens with zero attached hydrogens (tertiary/aromatic N) is 7. The van der Waals surface area contributed by atoms with E-state index in [1.165, 1.54) is 6.33 Å². The van der Waals surface area contributed by atoms with Crippen molar-refractivity contribution in [3.8, 4) is 11.4 Å². The molecule has 0 spiro atoms. The minimum absolute atomic E-state index is 0.0975. The molecule has 1 atom stereocenters. The van der Waals surface area contributed by atoms with Crippen LogP contribution in [0.5, 0.6) is 0 Å². The molecule has 4 aromatic rings. The van der Waals surface area contributed by atoms with Crippen LogP contribution < -0.4 is 10.6 Å². The van der Waals surface area contributed by atoms with Gasteiger partial charge in [-0.2, -0.15) is 15.1 Å². The van der Waals surface area contributed by atoms with Gasteiger partial charge >= 0.3 is 0 Å². The van der Waals surface area contributed by atoms with E-state index in [0.717, 1.165) is 42.4 Å². The Labute approximate surface area is 212 Å². The number of halogens is 1. The lowest BCUT2D eigenvalue weighted by Gasteiger charge is -2.19. The lowest BCUT2D eigenvalue weighted by Crippen LogP contribution is -2.30. The second-order valence-electron chi connectivity index (χ2n) is 9.76. The molecule has 1 aromatic carbocycles. The molecule has 0 saturated heterocycles. The maximum atomic E-state index is 13.3. The Bertz CT molecular complexity index is 1410. The van der Waals surface area contributed by atoms with Crippen LogP contribution in [0, 0.1) is 0 Å². The van der Waals surface area contributed by atoms with Gasteiger partial charge in [-0.05, 0) is 50.3 Å². The van der Waals surface area contributed by atoms with E-state index in [4.69, 9.17) is 4.52 Å². The molecule has 5 rings (SSSR count). The summed E-state index contributed by atoms with van der Waals surface area (Å²) < 4.78 is 20.1. The van der Waals surface area contributed by atoms with Crippen molar-refractivity contribution in [3.05, 3.63) is 59.6 Å². The summed E-state index contributed by atoms with van der Waals surface area (Å²) in [4.78, 5) is 30.1. The monoisotopic (exact) mass is 505 g/mol. The number of amides is 1. The predicted octanol–water partition coefficient (Wildman–Crippen LogP) is 3.84. The molecule has 0 radical (unpaired) electrons. The Morgan fingerprint density at radius 3 is 2.86 bits per heavy atom. The van der Waals surface area contributed by atoms with Crippen LogP contribution >= 0.6 is 0 Å². The van der Waals surface area contributed by atoms with E-state index >= 15 is 0 Å². The first kappa shape index (κ1) is 24.5. The van der Waals surface area contributed by atoms with Gasteiger partial charge in [0.25, 0.3) is 11.7 Å². The number of carbonyl (C=O) groups is 1. The number of anilines is 2. The number of fused-ring (bicyclic) bond motifs is 1. The molecule has 11 nitrogen and oxygen atoms in total. The Balaban J connectivity index is 1.35. The Morgan fingerprint density at radius 1 is 1.22 bits per heavy atom. The first-order chi connectivity index (χ1) is 17.8. The normalized spacial score (nSPS) is 15.6. The molecule has 2 N–H and O–H groups in total. The fourth-order valence-electron chi connectivity index (χ4n) is 4.23. The number of alkyl halides is 1. The van der Waals surface area contributed by atoms with E-state index in [-0.39, 0.29) is 17.8 Å². The number of aryl methyl sites for hydroxylation is 2. The summed E-state index contributed by atoms with van der Waals surface area (Å²) in [5, 5.41) is 14.2. The van der Waals surface area contributed by atoms with Crippen LogP contribution in [0.2, 0.25) is 0 Å². The Kier molecular flexibility index (Phi) is 6.64. The summed E-state index contributed by atoms with van der Waals surface area (Å²) >= 11 is 0. The van der Waals surface area contributed by atoms with E-state index in [2.05, 4.69) is 46.9 Å². The number of hydrogen-bond donors (Lipinski definition) is 2. The zero-order chi connectivity index (χ0) is 26.0. The molecule has 37 heavy (non-hydrogen) atoms. The van der Waals surface area contributed by atoms with Gasteiger partial charge in [-0.15, -0.1) is 0 Å². The molecule has 1 aliphatic carbocycles. The highest BCUT2D eigenvalue weighted by molar-refractivity contribution is 5.90. The molecule has 12 heteroatoms. The Morgan fingerprint density at radius 2 is 2.08 bits per heavy atom. The highest BCUT2D eigenvalue weighted by Crippen LogP contribution is 2.32. The first-order valence-electron chi connectivity index (χ1n) is 12.1. The van der Waals surface area contributed by atoms with Crippen LogP contribution in [0.3, 0.4) is 0 Å². The zero-order valence-corrected chi connectivity index (χ0v) is 20.9. The molecule has 0 aliphatic heterocycles. The summed E-state index contributed by atoms with van der Waals surface area (Å²) in [5.74, 6) is 1.13. The third-order valence-electron chi connectivity index (χ3n) is 6.34. The Hall–Kier alpha value is -4.22. The molecule has 1 aliphatic rings. The third kappa shape index (κ3) is 5.32. The van der Waals surface area contributed by atoms with Gasteiger partial charge in [-0.3, -0.25) is 9.48 Å². The summed E-state index contributed by atoms with van der Waals surface area (Å²) in [6.45, 7) is 2.62. The number of carbonyl (C=O) groups excluding carboxylic acids is 1. The standard InChI is InChI=1S/C25H28FN9O2/c1-25(2,13-26)23-31-21(34-37-23)22(36)29-18-7-5-4-6-15-12-16(8-9-17(15)18)20-27-14-28-24(32-20)30-19-10-11-35(3)33-19/h8-12,14,18H,4-7,13H2,1-3H3,(H,29,36)(H,27,28,30,32,33)/t18-/m1/s1. The van der Waals surface area contributed by atoms with Crippen molar-refractivity contribution >= 4 is 17.7 Å². The largest absolute Gasteiger partial charge is 0.342 e. The maximum absolute atomic E-state index is 13.3. The van der Waals surface area contributed by atoms with Crippen molar-refractivity contribution in [3.63, 3.8) is 0 Å². The van der Waals surface area contributed by atoms with Crippen molar-refractivity contribution in [1.29, 1.82) is 0 Å². The van der Waals surface area contributed by atoms with Crippen molar-refractivity contribution in [2.24, 2.45) is 7.05 Å². The quantitative estimate of drug-likeness (QED) is 0.359. The molecular weight excluding hydrogens is 477 g/mol. The second kappa shape index (κ2) is 10.0. The fourth-order valence-corrected chi connectivity index (χ4v) is 4.23. The van der Waals surface area contributed by atoms with Crippen LogP contribution in [-0.4, -0.2) is 47.5 Å². The molecule has 0 saturated carbocycles. The number of hydrogen-bond acceptors (Lipinski definition) is 9. The number of aromatic nitrogens is 7. The van der Waals surface area contributed by atoms with Gasteiger partial charge in [-0.1, -0.05) is 23.7 Å². The number of nitrogens with one attached hydrogen (secondary N) is 2. The average molecular weight is 506 g/mol. The average Bonchev–Trinajstić information content (AvgIpc) is 3.51. The summed E-state index contributed by atoms with van der Waals surface area (Å²) in [6.07, 6.45) is 6.88. The van der Waals surface area contributed by atoms with E-state index in [1.807, 2.05) is 31.4 Å². The van der Waals surface area contributed by atoms with Gasteiger partial charge in [-0.25, -0.2) is 14.4 Å². The summed E-state index contributed by atoms with van der Waals surface area (Å²) in [5.41, 5.74) is 2.06. The predicted molar refractivity (Wildman–Crippen MR) is 133 cm³/mol. The van der Waals surface area contributed by atoms with Gasteiger partial charge < -0.3 is 15.2 Å². The SMILES string of the molecule is Cn1ccc(Nc2ncnc(-c3ccc4c(c3)CCCC[C@H]4NC(=O)c3noc(C(C)(C)CF)n3)n2)n1. The van der Waals surface area contributed by atoms with Crippen molar-refractivity contribution < 1.29 is 13.7 Å². The zero-order valence-electron chi connectivity index (χ0n) is 20.9. The van der Waals surface area contributed by atoms with Gasteiger partial charge in [0.15, 0.2) is 11.6 Å².